The van der Waals surface area contributed by atoms with Crippen molar-refractivity contribution in [3.8, 4) is 22.5 Å². The van der Waals surface area contributed by atoms with Crippen molar-refractivity contribution >= 4 is 5.78 Å². The molecule has 0 amide bonds. The van der Waals surface area contributed by atoms with E-state index in [1.165, 1.54) is 0 Å². The first-order valence-corrected chi connectivity index (χ1v) is 8.10. The monoisotopic (exact) mass is 338 g/mol. The minimum absolute atomic E-state index is 0.0903. The fourth-order valence-electron chi connectivity index (χ4n) is 2.83. The second-order valence-electron chi connectivity index (χ2n) is 5.60. The SMILES string of the molecule is O=C(c1ccccc1-c1cnccn1)c1ccccc1-c1cnccn1. The first-order chi connectivity index (χ1) is 12.8. The van der Waals surface area contributed by atoms with E-state index in [9.17, 15) is 4.79 Å². The van der Waals surface area contributed by atoms with Crippen LogP contribution in [-0.2, 0) is 0 Å². The topological polar surface area (TPSA) is 68.6 Å². The quantitative estimate of drug-likeness (QED) is 0.529. The van der Waals surface area contributed by atoms with E-state index >= 15 is 0 Å². The van der Waals surface area contributed by atoms with Crippen molar-refractivity contribution < 1.29 is 4.79 Å². The Morgan fingerprint density at radius 1 is 0.615 bits per heavy atom. The average Bonchev–Trinajstić information content (AvgIpc) is 2.74. The molecule has 2 heterocycles. The lowest BCUT2D eigenvalue weighted by Crippen LogP contribution is -2.06. The standard InChI is InChI=1S/C21H14N4O/c26-21(17-7-3-1-5-15(17)19-13-22-9-11-24-19)18-8-4-2-6-16(18)20-14-23-10-12-25-20/h1-14H. The molecule has 0 aliphatic rings. The molecule has 0 fully saturated rings. The predicted molar refractivity (Wildman–Crippen MR) is 98.4 cm³/mol. The molecule has 0 saturated carbocycles. The summed E-state index contributed by atoms with van der Waals surface area (Å²) in [6, 6.07) is 14.8. The molecule has 124 valence electrons. The van der Waals surface area contributed by atoms with Crippen LogP contribution in [0.2, 0.25) is 0 Å². The molecule has 2 aromatic heterocycles. The van der Waals surface area contributed by atoms with Crippen molar-refractivity contribution in [2.75, 3.05) is 0 Å². The number of carbonyl (C=O) groups is 1. The second-order valence-corrected chi connectivity index (χ2v) is 5.60. The minimum atomic E-state index is -0.0903. The number of hydrogen-bond donors (Lipinski definition) is 0. The van der Waals surface area contributed by atoms with Crippen molar-refractivity contribution in [3.63, 3.8) is 0 Å². The van der Waals surface area contributed by atoms with Gasteiger partial charge in [0.1, 0.15) is 0 Å². The highest BCUT2D eigenvalue weighted by molar-refractivity contribution is 6.15. The Bertz CT molecular complexity index is 965. The third-order valence-corrected chi connectivity index (χ3v) is 4.02. The van der Waals surface area contributed by atoms with Gasteiger partial charge in [-0.1, -0.05) is 48.5 Å². The zero-order chi connectivity index (χ0) is 17.8. The van der Waals surface area contributed by atoms with Gasteiger partial charge in [0, 0.05) is 47.0 Å². The molecular formula is C21H14N4O. The highest BCUT2D eigenvalue weighted by Crippen LogP contribution is 2.28. The maximum atomic E-state index is 13.3. The van der Waals surface area contributed by atoms with Gasteiger partial charge >= 0.3 is 0 Å². The molecule has 0 aliphatic heterocycles. The Balaban J connectivity index is 1.84. The van der Waals surface area contributed by atoms with E-state index in [-0.39, 0.29) is 5.78 Å². The van der Waals surface area contributed by atoms with Crippen LogP contribution in [0.3, 0.4) is 0 Å². The van der Waals surface area contributed by atoms with Gasteiger partial charge in [-0.15, -0.1) is 0 Å². The summed E-state index contributed by atoms with van der Waals surface area (Å²) in [5.41, 5.74) is 3.97. The second kappa shape index (κ2) is 7.03. The van der Waals surface area contributed by atoms with Gasteiger partial charge in [-0.2, -0.15) is 0 Å². The third-order valence-electron chi connectivity index (χ3n) is 4.02. The molecule has 26 heavy (non-hydrogen) atoms. The van der Waals surface area contributed by atoms with E-state index in [2.05, 4.69) is 19.9 Å². The van der Waals surface area contributed by atoms with Crippen LogP contribution >= 0.6 is 0 Å². The van der Waals surface area contributed by atoms with Gasteiger partial charge in [-0.3, -0.25) is 24.7 Å². The number of aromatic nitrogens is 4. The molecule has 0 spiro atoms. The Hall–Kier alpha value is -3.73. The fraction of sp³-hybridized carbons (Fsp3) is 0. The summed E-state index contributed by atoms with van der Waals surface area (Å²) in [5.74, 6) is -0.0903. The molecule has 5 heteroatoms. The number of carbonyl (C=O) groups excluding carboxylic acids is 1. The molecule has 0 saturated heterocycles. The highest BCUT2D eigenvalue weighted by Gasteiger charge is 2.19. The normalized spacial score (nSPS) is 10.5. The number of ketones is 1. The van der Waals surface area contributed by atoms with Crippen LogP contribution in [0.5, 0.6) is 0 Å². The van der Waals surface area contributed by atoms with Gasteiger partial charge in [0.25, 0.3) is 0 Å². The van der Waals surface area contributed by atoms with E-state index in [0.29, 0.717) is 22.5 Å². The summed E-state index contributed by atoms with van der Waals surface area (Å²) in [4.78, 5) is 30.2. The molecule has 0 atom stereocenters. The maximum absolute atomic E-state index is 13.3. The summed E-state index contributed by atoms with van der Waals surface area (Å²) in [6.45, 7) is 0. The molecule has 4 aromatic rings. The van der Waals surface area contributed by atoms with Crippen molar-refractivity contribution in [1.29, 1.82) is 0 Å². The van der Waals surface area contributed by atoms with E-state index < -0.39 is 0 Å². The largest absolute Gasteiger partial charge is 0.289 e. The molecular weight excluding hydrogens is 324 g/mol. The molecule has 0 aliphatic carbocycles. The molecule has 5 nitrogen and oxygen atoms in total. The van der Waals surface area contributed by atoms with Crippen LogP contribution in [0.25, 0.3) is 22.5 Å². The fourth-order valence-corrected chi connectivity index (χ4v) is 2.83. The summed E-state index contributed by atoms with van der Waals surface area (Å²) in [5, 5.41) is 0. The molecule has 0 N–H and O–H groups in total. The summed E-state index contributed by atoms with van der Waals surface area (Å²) >= 11 is 0. The number of rotatable bonds is 4. The molecule has 0 unspecified atom stereocenters. The Morgan fingerprint density at radius 2 is 1.08 bits per heavy atom. The Kier molecular flexibility index (Phi) is 4.26. The van der Waals surface area contributed by atoms with Crippen LogP contribution in [0.4, 0.5) is 0 Å². The number of hydrogen-bond acceptors (Lipinski definition) is 5. The Morgan fingerprint density at radius 3 is 1.50 bits per heavy atom. The minimum Gasteiger partial charge on any atom is -0.289 e. The van der Waals surface area contributed by atoms with E-state index in [1.807, 2.05) is 36.4 Å². The van der Waals surface area contributed by atoms with Gasteiger partial charge in [0.15, 0.2) is 5.78 Å². The lowest BCUT2D eigenvalue weighted by molar-refractivity contribution is 0.104. The maximum Gasteiger partial charge on any atom is 0.194 e. The summed E-state index contributed by atoms with van der Waals surface area (Å²) in [7, 11) is 0. The zero-order valence-corrected chi connectivity index (χ0v) is 13.8. The van der Waals surface area contributed by atoms with Crippen molar-refractivity contribution in [1.82, 2.24) is 19.9 Å². The van der Waals surface area contributed by atoms with Gasteiger partial charge < -0.3 is 0 Å². The van der Waals surface area contributed by atoms with E-state index in [1.54, 1.807) is 49.3 Å². The predicted octanol–water partition coefficient (Wildman–Crippen LogP) is 3.83. The van der Waals surface area contributed by atoms with Crippen molar-refractivity contribution in [3.05, 3.63) is 96.8 Å². The van der Waals surface area contributed by atoms with Gasteiger partial charge in [0.05, 0.1) is 23.8 Å². The van der Waals surface area contributed by atoms with E-state index in [4.69, 9.17) is 0 Å². The molecule has 4 rings (SSSR count). The zero-order valence-electron chi connectivity index (χ0n) is 13.8. The number of benzene rings is 2. The first-order valence-electron chi connectivity index (χ1n) is 8.10. The summed E-state index contributed by atoms with van der Waals surface area (Å²) in [6.07, 6.45) is 9.75. The molecule has 0 bridgehead atoms. The lowest BCUT2D eigenvalue weighted by atomic mass is 9.93. The Labute approximate surface area is 150 Å². The third kappa shape index (κ3) is 2.98. The van der Waals surface area contributed by atoms with E-state index in [0.717, 1.165) is 11.1 Å². The molecule has 0 radical (unpaired) electrons. The smallest absolute Gasteiger partial charge is 0.194 e. The highest BCUT2D eigenvalue weighted by atomic mass is 16.1. The van der Waals surface area contributed by atoms with Crippen molar-refractivity contribution in [2.45, 2.75) is 0 Å². The average molecular weight is 338 g/mol. The van der Waals surface area contributed by atoms with Gasteiger partial charge in [-0.25, -0.2) is 0 Å². The van der Waals surface area contributed by atoms with Crippen LogP contribution in [0.1, 0.15) is 15.9 Å². The lowest BCUT2D eigenvalue weighted by Gasteiger charge is -2.11. The number of nitrogens with zero attached hydrogens (tertiary/aromatic N) is 4. The molecule has 2 aromatic carbocycles. The van der Waals surface area contributed by atoms with Crippen LogP contribution < -0.4 is 0 Å². The summed E-state index contributed by atoms with van der Waals surface area (Å²) < 4.78 is 0. The van der Waals surface area contributed by atoms with Crippen LogP contribution in [0, 0.1) is 0 Å². The van der Waals surface area contributed by atoms with Crippen LogP contribution in [0.15, 0.2) is 85.7 Å². The van der Waals surface area contributed by atoms with Crippen LogP contribution in [-0.4, -0.2) is 25.7 Å². The van der Waals surface area contributed by atoms with Gasteiger partial charge in [-0.05, 0) is 0 Å². The van der Waals surface area contributed by atoms with Gasteiger partial charge in [0.2, 0.25) is 0 Å². The van der Waals surface area contributed by atoms with Crippen molar-refractivity contribution in [2.24, 2.45) is 0 Å². The first kappa shape index (κ1) is 15.8.